The molecule has 1 aromatic carbocycles. The summed E-state index contributed by atoms with van der Waals surface area (Å²) >= 11 is 5.28. The van der Waals surface area contributed by atoms with E-state index in [-0.39, 0.29) is 10.5 Å². The number of nitrogens with zero attached hydrogens (tertiary/aromatic N) is 2. The summed E-state index contributed by atoms with van der Waals surface area (Å²) in [7, 11) is 0. The monoisotopic (exact) mass is 432 g/mol. The largest absolute Gasteiger partial charge is 0.493 e. The van der Waals surface area contributed by atoms with Crippen LogP contribution in [-0.4, -0.2) is 46.4 Å². The Morgan fingerprint density at radius 3 is 2.71 bits per heavy atom. The SMILES string of the molecule is CSc1cc2c(cc1C#Cc1cncc(CC(=O)O)n1)C(SC)(SC)CCO2. The van der Waals surface area contributed by atoms with Crippen molar-refractivity contribution in [2.24, 2.45) is 0 Å². The number of aromatic nitrogens is 2. The van der Waals surface area contributed by atoms with Gasteiger partial charge in [-0.15, -0.1) is 35.3 Å². The normalized spacial score (nSPS) is 14.4. The fraction of sp³-hybridized carbons (Fsp3) is 0.350. The number of carbonyl (C=O) groups is 1. The summed E-state index contributed by atoms with van der Waals surface area (Å²) in [5.41, 5.74) is 2.93. The topological polar surface area (TPSA) is 72.3 Å². The summed E-state index contributed by atoms with van der Waals surface area (Å²) in [5, 5.41) is 8.92. The lowest BCUT2D eigenvalue weighted by Gasteiger charge is -2.36. The molecule has 1 N–H and O–H groups in total. The number of benzene rings is 1. The first-order valence-electron chi connectivity index (χ1n) is 8.51. The van der Waals surface area contributed by atoms with E-state index >= 15 is 0 Å². The predicted molar refractivity (Wildman–Crippen MR) is 116 cm³/mol. The van der Waals surface area contributed by atoms with Gasteiger partial charge >= 0.3 is 5.97 Å². The first-order valence-corrected chi connectivity index (χ1v) is 12.2. The zero-order valence-electron chi connectivity index (χ0n) is 15.8. The molecule has 0 spiro atoms. The van der Waals surface area contributed by atoms with Crippen LogP contribution in [0.25, 0.3) is 0 Å². The number of aliphatic carboxylic acids is 1. The second-order valence-corrected chi connectivity index (χ2v) is 9.34. The molecule has 2 aromatic rings. The Morgan fingerprint density at radius 2 is 2.04 bits per heavy atom. The third kappa shape index (κ3) is 4.43. The van der Waals surface area contributed by atoms with Crippen LogP contribution in [0.5, 0.6) is 5.75 Å². The van der Waals surface area contributed by atoms with E-state index in [0.29, 0.717) is 18.0 Å². The van der Waals surface area contributed by atoms with Gasteiger partial charge in [-0.2, -0.15) is 0 Å². The minimum Gasteiger partial charge on any atom is -0.493 e. The second-order valence-electron chi connectivity index (χ2n) is 6.02. The molecule has 0 amide bonds. The van der Waals surface area contributed by atoms with Crippen molar-refractivity contribution >= 4 is 41.3 Å². The van der Waals surface area contributed by atoms with Gasteiger partial charge in [-0.1, -0.05) is 5.92 Å². The number of fused-ring (bicyclic) bond motifs is 1. The number of hydrogen-bond acceptors (Lipinski definition) is 7. The van der Waals surface area contributed by atoms with Crippen molar-refractivity contribution < 1.29 is 14.6 Å². The Balaban J connectivity index is 2.02. The van der Waals surface area contributed by atoms with Gasteiger partial charge in [0.25, 0.3) is 0 Å². The van der Waals surface area contributed by atoms with Gasteiger partial charge in [0.15, 0.2) is 0 Å². The van der Waals surface area contributed by atoms with Gasteiger partial charge in [0, 0.05) is 28.6 Å². The summed E-state index contributed by atoms with van der Waals surface area (Å²) in [6, 6.07) is 4.19. The molecule has 0 fully saturated rings. The van der Waals surface area contributed by atoms with E-state index in [0.717, 1.165) is 28.2 Å². The molecule has 28 heavy (non-hydrogen) atoms. The van der Waals surface area contributed by atoms with Crippen LogP contribution in [-0.2, 0) is 15.3 Å². The van der Waals surface area contributed by atoms with Crippen LogP contribution in [0.1, 0.15) is 28.9 Å². The number of ether oxygens (including phenoxy) is 1. The van der Waals surface area contributed by atoms with E-state index in [2.05, 4.69) is 46.5 Å². The summed E-state index contributed by atoms with van der Waals surface area (Å²) in [5.74, 6) is 6.22. The minimum atomic E-state index is -0.941. The second kappa shape index (κ2) is 9.12. The maximum Gasteiger partial charge on any atom is 0.309 e. The number of carboxylic acids is 1. The maximum absolute atomic E-state index is 10.9. The zero-order chi connectivity index (χ0) is 20.1. The zero-order valence-corrected chi connectivity index (χ0v) is 18.3. The smallest absolute Gasteiger partial charge is 0.309 e. The summed E-state index contributed by atoms with van der Waals surface area (Å²) in [4.78, 5) is 20.2. The lowest BCUT2D eigenvalue weighted by atomic mass is 10.0. The Hall–Kier alpha value is -1.82. The Morgan fingerprint density at radius 1 is 1.25 bits per heavy atom. The molecular weight excluding hydrogens is 412 g/mol. The Kier molecular flexibility index (Phi) is 6.81. The summed E-state index contributed by atoms with van der Waals surface area (Å²) < 4.78 is 5.89. The summed E-state index contributed by atoms with van der Waals surface area (Å²) in [6.07, 6.45) is 10.0. The van der Waals surface area contributed by atoms with Crippen LogP contribution in [0, 0.1) is 11.8 Å². The first-order chi connectivity index (χ1) is 13.5. The van der Waals surface area contributed by atoms with Gasteiger partial charge in [-0.3, -0.25) is 9.78 Å². The van der Waals surface area contributed by atoms with E-state index < -0.39 is 5.97 Å². The van der Waals surface area contributed by atoms with Crippen molar-refractivity contribution in [2.45, 2.75) is 21.8 Å². The van der Waals surface area contributed by atoms with Crippen molar-refractivity contribution in [3.8, 4) is 17.6 Å². The van der Waals surface area contributed by atoms with E-state index in [1.54, 1.807) is 18.0 Å². The van der Waals surface area contributed by atoms with E-state index in [1.807, 2.05) is 29.8 Å². The maximum atomic E-state index is 10.9. The lowest BCUT2D eigenvalue weighted by molar-refractivity contribution is -0.136. The minimum absolute atomic E-state index is 0.0395. The fourth-order valence-corrected chi connectivity index (χ4v) is 5.58. The van der Waals surface area contributed by atoms with Gasteiger partial charge < -0.3 is 9.84 Å². The molecule has 0 saturated heterocycles. The third-order valence-electron chi connectivity index (χ3n) is 4.40. The van der Waals surface area contributed by atoms with Crippen molar-refractivity contribution in [2.75, 3.05) is 25.4 Å². The summed E-state index contributed by atoms with van der Waals surface area (Å²) in [6.45, 7) is 0.708. The van der Waals surface area contributed by atoms with Crippen molar-refractivity contribution in [3.63, 3.8) is 0 Å². The molecule has 0 saturated carbocycles. The molecule has 0 unspecified atom stereocenters. The van der Waals surface area contributed by atoms with Crippen molar-refractivity contribution in [1.29, 1.82) is 0 Å². The van der Waals surface area contributed by atoms with Crippen LogP contribution in [0.3, 0.4) is 0 Å². The molecule has 2 heterocycles. The van der Waals surface area contributed by atoms with Gasteiger partial charge in [-0.05, 0) is 36.8 Å². The van der Waals surface area contributed by atoms with E-state index in [4.69, 9.17) is 9.84 Å². The average molecular weight is 433 g/mol. The first kappa shape index (κ1) is 20.9. The molecule has 1 aliphatic rings. The Labute approximate surface area is 177 Å². The third-order valence-corrected chi connectivity index (χ3v) is 8.35. The van der Waals surface area contributed by atoms with Crippen LogP contribution < -0.4 is 4.74 Å². The highest BCUT2D eigenvalue weighted by Crippen LogP contribution is 2.53. The highest BCUT2D eigenvalue weighted by Gasteiger charge is 2.37. The van der Waals surface area contributed by atoms with Gasteiger partial charge in [-0.25, -0.2) is 4.98 Å². The molecule has 146 valence electrons. The van der Waals surface area contributed by atoms with Crippen molar-refractivity contribution in [1.82, 2.24) is 9.97 Å². The molecule has 0 bridgehead atoms. The van der Waals surface area contributed by atoms with Gasteiger partial charge in [0.2, 0.25) is 0 Å². The number of thioether (sulfide) groups is 3. The number of carboxylic acid groups (broad SMARTS) is 1. The van der Waals surface area contributed by atoms with Gasteiger partial charge in [0.1, 0.15) is 11.4 Å². The predicted octanol–water partition coefficient (Wildman–Crippen LogP) is 3.89. The molecular formula is C20H20N2O3S3. The van der Waals surface area contributed by atoms with Gasteiger partial charge in [0.05, 0.1) is 29.0 Å². The Bertz CT molecular complexity index is 949. The molecule has 8 heteroatoms. The molecule has 0 aliphatic carbocycles. The van der Waals surface area contributed by atoms with Crippen molar-refractivity contribution in [3.05, 3.63) is 47.0 Å². The average Bonchev–Trinajstić information content (AvgIpc) is 2.70. The van der Waals surface area contributed by atoms with Crippen LogP contribution in [0.15, 0.2) is 29.4 Å². The lowest BCUT2D eigenvalue weighted by Crippen LogP contribution is -2.26. The van der Waals surface area contributed by atoms with Crippen LogP contribution in [0.2, 0.25) is 0 Å². The number of hydrogen-bond donors (Lipinski definition) is 1. The van der Waals surface area contributed by atoms with Crippen LogP contribution in [0.4, 0.5) is 0 Å². The molecule has 3 rings (SSSR count). The van der Waals surface area contributed by atoms with E-state index in [9.17, 15) is 4.79 Å². The van der Waals surface area contributed by atoms with Crippen LogP contribution >= 0.6 is 35.3 Å². The standard InChI is InChI=1S/C20H20N2O3S3/c1-26-18-10-17-16(20(27-2,28-3)6-7-25-17)8-13(18)4-5-14-11-21-12-15(22-14)9-19(23)24/h8,10-12H,6-7,9H2,1-3H3,(H,23,24). The van der Waals surface area contributed by atoms with E-state index in [1.165, 1.54) is 6.20 Å². The molecule has 5 nitrogen and oxygen atoms in total. The molecule has 1 aliphatic heterocycles. The fourth-order valence-electron chi connectivity index (χ4n) is 3.02. The molecule has 0 radical (unpaired) electrons. The highest BCUT2D eigenvalue weighted by atomic mass is 32.2. The molecule has 1 aromatic heterocycles. The highest BCUT2D eigenvalue weighted by molar-refractivity contribution is 8.16. The quantitative estimate of drug-likeness (QED) is 0.433. The molecule has 0 atom stereocenters. The number of rotatable bonds is 5.